The summed E-state index contributed by atoms with van der Waals surface area (Å²) in [4.78, 5) is 2.45. The number of aryl methyl sites for hydroxylation is 1. The molecule has 0 amide bonds. The first-order chi connectivity index (χ1) is 10.4. The van der Waals surface area contributed by atoms with Crippen LogP contribution in [0.15, 0.2) is 53.6 Å². The first-order valence-electron chi connectivity index (χ1n) is 7.59. The lowest BCUT2D eigenvalue weighted by Gasteiger charge is -2.30. The van der Waals surface area contributed by atoms with Crippen LogP contribution < -0.4 is 10.3 Å². The van der Waals surface area contributed by atoms with Gasteiger partial charge in [-0.3, -0.25) is 5.43 Å². The van der Waals surface area contributed by atoms with Crippen molar-refractivity contribution in [3.63, 3.8) is 0 Å². The molecule has 1 aliphatic heterocycles. The van der Waals surface area contributed by atoms with Gasteiger partial charge >= 0.3 is 0 Å². The minimum Gasteiger partial charge on any atom is -0.372 e. The topological polar surface area (TPSA) is 27.6 Å². The molecule has 0 aliphatic carbocycles. The highest BCUT2D eigenvalue weighted by molar-refractivity contribution is 5.82. The summed E-state index contributed by atoms with van der Waals surface area (Å²) in [7, 11) is 0. The molecule has 21 heavy (non-hydrogen) atoms. The van der Waals surface area contributed by atoms with Crippen LogP contribution in [0.4, 0.5) is 11.4 Å². The normalized spacial score (nSPS) is 14.2. The molecule has 0 fully saturated rings. The molecular weight excluding hydrogens is 258 g/mol. The van der Waals surface area contributed by atoms with E-state index in [1.54, 1.807) is 0 Å². The van der Waals surface area contributed by atoms with Crippen LogP contribution >= 0.6 is 0 Å². The van der Waals surface area contributed by atoms with E-state index in [1.165, 1.54) is 30.6 Å². The Kier molecular flexibility index (Phi) is 4.20. The Morgan fingerprint density at radius 3 is 2.86 bits per heavy atom. The minimum atomic E-state index is 1.00. The molecule has 1 N–H and O–H groups in total. The molecule has 0 atom stereocenters. The summed E-state index contributed by atoms with van der Waals surface area (Å²) in [6, 6.07) is 16.6. The second kappa shape index (κ2) is 6.44. The Labute approximate surface area is 126 Å². The number of para-hydroxylation sites is 1. The van der Waals surface area contributed by atoms with Crippen LogP contribution in [0.25, 0.3) is 0 Å². The lowest BCUT2D eigenvalue weighted by molar-refractivity contribution is 0.708. The molecule has 1 aliphatic rings. The number of hydrogen-bond acceptors (Lipinski definition) is 3. The molecule has 0 spiro atoms. The van der Waals surface area contributed by atoms with Crippen LogP contribution in [0.1, 0.15) is 24.5 Å². The summed E-state index contributed by atoms with van der Waals surface area (Å²) in [6.45, 7) is 4.47. The van der Waals surface area contributed by atoms with Gasteiger partial charge < -0.3 is 4.90 Å². The second-order valence-corrected chi connectivity index (χ2v) is 5.31. The van der Waals surface area contributed by atoms with Gasteiger partial charge in [0.25, 0.3) is 0 Å². The highest BCUT2D eigenvalue weighted by Gasteiger charge is 2.14. The average Bonchev–Trinajstić information content (AvgIpc) is 2.55. The number of benzene rings is 2. The van der Waals surface area contributed by atoms with E-state index in [2.05, 4.69) is 40.5 Å². The first kappa shape index (κ1) is 13.7. The lowest BCUT2D eigenvalue weighted by Crippen LogP contribution is -2.28. The molecule has 0 saturated heterocycles. The Hall–Kier alpha value is -2.29. The highest BCUT2D eigenvalue weighted by Crippen LogP contribution is 2.27. The van der Waals surface area contributed by atoms with Gasteiger partial charge in [-0.2, -0.15) is 5.10 Å². The van der Waals surface area contributed by atoms with Crippen LogP contribution in [0.5, 0.6) is 0 Å². The molecular formula is C18H21N3. The summed E-state index contributed by atoms with van der Waals surface area (Å²) < 4.78 is 0. The third-order valence-electron chi connectivity index (χ3n) is 3.88. The van der Waals surface area contributed by atoms with Crippen LogP contribution in [0.3, 0.4) is 0 Å². The molecule has 1 heterocycles. The van der Waals surface area contributed by atoms with Crippen molar-refractivity contribution in [1.82, 2.24) is 0 Å². The number of anilines is 2. The number of nitrogens with zero attached hydrogens (tertiary/aromatic N) is 2. The van der Waals surface area contributed by atoms with Gasteiger partial charge in [0.15, 0.2) is 0 Å². The molecule has 0 saturated carbocycles. The Bertz CT molecular complexity index is 620. The molecule has 3 rings (SSSR count). The largest absolute Gasteiger partial charge is 0.372 e. The van der Waals surface area contributed by atoms with Crippen molar-refractivity contribution in [3.8, 4) is 0 Å². The fourth-order valence-corrected chi connectivity index (χ4v) is 2.80. The van der Waals surface area contributed by atoms with E-state index >= 15 is 0 Å². The Balaban J connectivity index is 1.72. The zero-order chi connectivity index (χ0) is 14.5. The van der Waals surface area contributed by atoms with Gasteiger partial charge in [-0.05, 0) is 55.2 Å². The van der Waals surface area contributed by atoms with E-state index < -0.39 is 0 Å². The van der Waals surface area contributed by atoms with E-state index in [-0.39, 0.29) is 0 Å². The third kappa shape index (κ3) is 3.24. The summed E-state index contributed by atoms with van der Waals surface area (Å²) in [5.74, 6) is 0. The standard InChI is InChI=1S/C18H21N3/c1-2-21-12-6-7-16-13-15(10-11-18(16)21)14-19-20-17-8-4-3-5-9-17/h3-5,8-11,13-14,20H,2,6-7,12H2,1H3. The van der Waals surface area contributed by atoms with Gasteiger partial charge in [0, 0.05) is 18.8 Å². The fraction of sp³-hybridized carbons (Fsp3) is 0.278. The second-order valence-electron chi connectivity index (χ2n) is 5.31. The van der Waals surface area contributed by atoms with Crippen LogP contribution in [-0.2, 0) is 6.42 Å². The molecule has 0 unspecified atom stereocenters. The van der Waals surface area contributed by atoms with Gasteiger partial charge in [0.2, 0.25) is 0 Å². The molecule has 2 aromatic carbocycles. The van der Waals surface area contributed by atoms with Crippen molar-refractivity contribution >= 4 is 17.6 Å². The maximum atomic E-state index is 4.31. The highest BCUT2D eigenvalue weighted by atomic mass is 15.3. The zero-order valence-electron chi connectivity index (χ0n) is 12.4. The maximum Gasteiger partial charge on any atom is 0.0561 e. The van der Waals surface area contributed by atoms with Crippen LogP contribution in [0, 0.1) is 0 Å². The van der Waals surface area contributed by atoms with Gasteiger partial charge in [0.1, 0.15) is 0 Å². The van der Waals surface area contributed by atoms with Crippen molar-refractivity contribution < 1.29 is 0 Å². The summed E-state index contributed by atoms with van der Waals surface area (Å²) in [5.41, 5.74) is 8.03. The van der Waals surface area contributed by atoms with E-state index in [0.29, 0.717) is 0 Å². The quantitative estimate of drug-likeness (QED) is 0.679. The predicted molar refractivity (Wildman–Crippen MR) is 90.3 cm³/mol. The predicted octanol–water partition coefficient (Wildman–Crippen LogP) is 3.91. The Morgan fingerprint density at radius 2 is 2.05 bits per heavy atom. The lowest BCUT2D eigenvalue weighted by atomic mass is 9.99. The average molecular weight is 279 g/mol. The molecule has 108 valence electrons. The molecule has 3 heteroatoms. The molecule has 2 aromatic rings. The van der Waals surface area contributed by atoms with E-state index in [4.69, 9.17) is 0 Å². The fourth-order valence-electron chi connectivity index (χ4n) is 2.80. The number of hydrazone groups is 1. The molecule has 0 radical (unpaired) electrons. The van der Waals surface area contributed by atoms with Crippen molar-refractivity contribution in [2.45, 2.75) is 19.8 Å². The monoisotopic (exact) mass is 279 g/mol. The number of rotatable bonds is 4. The van der Waals surface area contributed by atoms with Crippen LogP contribution in [0.2, 0.25) is 0 Å². The van der Waals surface area contributed by atoms with E-state index in [9.17, 15) is 0 Å². The smallest absolute Gasteiger partial charge is 0.0561 e. The van der Waals surface area contributed by atoms with E-state index in [0.717, 1.165) is 17.8 Å². The van der Waals surface area contributed by atoms with Gasteiger partial charge in [0.05, 0.1) is 11.9 Å². The zero-order valence-corrected chi connectivity index (χ0v) is 12.4. The van der Waals surface area contributed by atoms with Gasteiger partial charge in [-0.25, -0.2) is 0 Å². The first-order valence-corrected chi connectivity index (χ1v) is 7.59. The van der Waals surface area contributed by atoms with Crippen molar-refractivity contribution in [2.75, 3.05) is 23.4 Å². The van der Waals surface area contributed by atoms with Crippen LogP contribution in [-0.4, -0.2) is 19.3 Å². The molecule has 3 nitrogen and oxygen atoms in total. The molecule has 0 aromatic heterocycles. The number of hydrogen-bond donors (Lipinski definition) is 1. The molecule has 0 bridgehead atoms. The van der Waals surface area contributed by atoms with Gasteiger partial charge in [-0.1, -0.05) is 24.3 Å². The van der Waals surface area contributed by atoms with Crippen molar-refractivity contribution in [2.24, 2.45) is 5.10 Å². The SMILES string of the molecule is CCN1CCCc2cc(C=NNc3ccccc3)ccc21. The van der Waals surface area contributed by atoms with Gasteiger partial charge in [-0.15, -0.1) is 0 Å². The number of nitrogens with one attached hydrogen (secondary N) is 1. The van der Waals surface area contributed by atoms with Crippen molar-refractivity contribution in [3.05, 3.63) is 59.7 Å². The summed E-state index contributed by atoms with van der Waals surface area (Å²) in [6.07, 6.45) is 4.29. The Morgan fingerprint density at radius 1 is 1.19 bits per heavy atom. The van der Waals surface area contributed by atoms with E-state index in [1.807, 2.05) is 36.5 Å². The van der Waals surface area contributed by atoms with Crippen molar-refractivity contribution in [1.29, 1.82) is 0 Å². The summed E-state index contributed by atoms with van der Waals surface area (Å²) >= 11 is 0. The third-order valence-corrected chi connectivity index (χ3v) is 3.88. The maximum absolute atomic E-state index is 4.31. The number of fused-ring (bicyclic) bond motifs is 1. The summed E-state index contributed by atoms with van der Waals surface area (Å²) in [5, 5.41) is 4.31. The minimum absolute atomic E-state index is 1.00.